The first kappa shape index (κ1) is 20.2. The maximum Gasteiger partial charge on any atom is 0.150 e. The second-order valence-corrected chi connectivity index (χ2v) is 7.57. The summed E-state index contributed by atoms with van der Waals surface area (Å²) < 4.78 is 0. The molecule has 0 spiro atoms. The van der Waals surface area contributed by atoms with Crippen LogP contribution in [0.15, 0.2) is 78.9 Å². The Morgan fingerprint density at radius 1 is 0.516 bits per heavy atom. The van der Waals surface area contributed by atoms with Crippen molar-refractivity contribution in [1.82, 2.24) is 0 Å². The Labute approximate surface area is 182 Å². The van der Waals surface area contributed by atoms with E-state index in [1.165, 1.54) is 16.3 Å². The minimum absolute atomic E-state index is 0.673. The minimum Gasteiger partial charge on any atom is -0.298 e. The quantitative estimate of drug-likeness (QED) is 0.254. The van der Waals surface area contributed by atoms with E-state index in [1.54, 1.807) is 0 Å². The van der Waals surface area contributed by atoms with Gasteiger partial charge in [0.25, 0.3) is 0 Å². The number of aryl methyl sites for hydroxylation is 1. The van der Waals surface area contributed by atoms with Crippen LogP contribution in [0.2, 0.25) is 0 Å². The Bertz CT molecular complexity index is 1290. The standard InChI is InChI=1S/C29H22O2/c1-21-2-14-27-17-26(12-7-22-3-8-24(19-30)9-4-22)18-28(29(27)16-21)15-13-23-5-10-25(20-31)11-6-23/h2-20H,1H3/b12-7-,15-13-. The van der Waals surface area contributed by atoms with Crippen LogP contribution in [0.5, 0.6) is 0 Å². The Morgan fingerprint density at radius 3 is 1.61 bits per heavy atom. The molecule has 0 saturated heterocycles. The van der Waals surface area contributed by atoms with Gasteiger partial charge in [0.2, 0.25) is 0 Å². The third-order valence-corrected chi connectivity index (χ3v) is 5.23. The molecular formula is C29H22O2. The molecule has 0 unspecified atom stereocenters. The van der Waals surface area contributed by atoms with Gasteiger partial charge in [-0.2, -0.15) is 0 Å². The molecule has 0 fully saturated rings. The number of aldehydes is 2. The van der Waals surface area contributed by atoms with Crippen molar-refractivity contribution in [3.8, 4) is 0 Å². The van der Waals surface area contributed by atoms with E-state index in [-0.39, 0.29) is 0 Å². The zero-order chi connectivity index (χ0) is 21.6. The van der Waals surface area contributed by atoms with Crippen LogP contribution >= 0.6 is 0 Å². The van der Waals surface area contributed by atoms with Gasteiger partial charge in [-0.05, 0) is 52.1 Å². The van der Waals surface area contributed by atoms with Crippen molar-refractivity contribution in [3.63, 3.8) is 0 Å². The molecule has 0 amide bonds. The monoisotopic (exact) mass is 402 g/mol. The number of carbonyl (C=O) groups is 2. The van der Waals surface area contributed by atoms with Gasteiger partial charge in [0.05, 0.1) is 0 Å². The van der Waals surface area contributed by atoms with Gasteiger partial charge in [-0.1, -0.05) is 96.6 Å². The van der Waals surface area contributed by atoms with Gasteiger partial charge in [0, 0.05) is 11.1 Å². The second kappa shape index (κ2) is 9.19. The summed E-state index contributed by atoms with van der Waals surface area (Å²) in [6.07, 6.45) is 10.0. The van der Waals surface area contributed by atoms with E-state index < -0.39 is 0 Å². The van der Waals surface area contributed by atoms with Gasteiger partial charge in [0.15, 0.2) is 0 Å². The van der Waals surface area contributed by atoms with Gasteiger partial charge in [-0.3, -0.25) is 9.59 Å². The maximum absolute atomic E-state index is 10.9. The summed E-state index contributed by atoms with van der Waals surface area (Å²) in [4.78, 5) is 21.7. The molecule has 0 aliphatic carbocycles. The normalized spacial score (nSPS) is 11.4. The van der Waals surface area contributed by atoms with Crippen molar-refractivity contribution >= 4 is 47.6 Å². The molecule has 0 aromatic heterocycles. The molecule has 0 aliphatic heterocycles. The molecule has 0 saturated carbocycles. The molecule has 0 atom stereocenters. The Hall–Kier alpha value is -4.04. The van der Waals surface area contributed by atoms with E-state index in [2.05, 4.69) is 61.6 Å². The summed E-state index contributed by atoms with van der Waals surface area (Å²) in [6, 6.07) is 25.9. The molecule has 0 heterocycles. The molecule has 4 aromatic carbocycles. The molecule has 0 N–H and O–H groups in total. The lowest BCUT2D eigenvalue weighted by Gasteiger charge is -2.07. The summed E-state index contributed by atoms with van der Waals surface area (Å²) in [5.41, 5.74) is 6.89. The van der Waals surface area contributed by atoms with Crippen LogP contribution < -0.4 is 0 Å². The van der Waals surface area contributed by atoms with Gasteiger partial charge in [-0.25, -0.2) is 0 Å². The number of rotatable bonds is 6. The fraction of sp³-hybridized carbons (Fsp3) is 0.0345. The highest BCUT2D eigenvalue weighted by Gasteiger charge is 2.02. The molecular weight excluding hydrogens is 380 g/mol. The molecule has 0 bridgehead atoms. The highest BCUT2D eigenvalue weighted by atomic mass is 16.1. The fourth-order valence-electron chi connectivity index (χ4n) is 3.51. The predicted octanol–water partition coefficient (Wildman–Crippen LogP) is 7.11. The Balaban J connectivity index is 1.70. The average molecular weight is 402 g/mol. The van der Waals surface area contributed by atoms with E-state index in [1.807, 2.05) is 48.5 Å². The average Bonchev–Trinajstić information content (AvgIpc) is 2.82. The van der Waals surface area contributed by atoms with E-state index in [0.29, 0.717) is 11.1 Å². The molecule has 0 radical (unpaired) electrons. The van der Waals surface area contributed by atoms with Crippen LogP contribution in [0, 0.1) is 6.92 Å². The number of hydrogen-bond acceptors (Lipinski definition) is 2. The first-order valence-corrected chi connectivity index (χ1v) is 10.2. The summed E-state index contributed by atoms with van der Waals surface area (Å²) in [7, 11) is 0. The van der Waals surface area contributed by atoms with Crippen LogP contribution in [-0.4, -0.2) is 12.6 Å². The first-order chi connectivity index (χ1) is 15.1. The number of carbonyl (C=O) groups excluding carboxylic acids is 2. The molecule has 2 nitrogen and oxygen atoms in total. The number of fused-ring (bicyclic) bond motifs is 1. The van der Waals surface area contributed by atoms with Gasteiger partial charge >= 0.3 is 0 Å². The lowest BCUT2D eigenvalue weighted by molar-refractivity contribution is 0.111. The second-order valence-electron chi connectivity index (χ2n) is 7.57. The van der Waals surface area contributed by atoms with Crippen molar-refractivity contribution in [2.24, 2.45) is 0 Å². The summed E-state index contributed by atoms with van der Waals surface area (Å²) in [6.45, 7) is 2.10. The van der Waals surface area contributed by atoms with Crippen molar-refractivity contribution < 1.29 is 9.59 Å². The fourth-order valence-corrected chi connectivity index (χ4v) is 3.51. The summed E-state index contributed by atoms with van der Waals surface area (Å²) >= 11 is 0. The van der Waals surface area contributed by atoms with Gasteiger partial charge < -0.3 is 0 Å². The van der Waals surface area contributed by atoms with Crippen LogP contribution in [0.4, 0.5) is 0 Å². The van der Waals surface area contributed by atoms with Gasteiger partial charge in [-0.15, -0.1) is 0 Å². The van der Waals surface area contributed by atoms with Crippen molar-refractivity contribution in [2.45, 2.75) is 6.92 Å². The highest BCUT2D eigenvalue weighted by molar-refractivity contribution is 5.95. The van der Waals surface area contributed by atoms with Gasteiger partial charge in [0.1, 0.15) is 12.6 Å². The molecule has 2 heteroatoms. The van der Waals surface area contributed by atoms with Crippen LogP contribution in [0.25, 0.3) is 35.1 Å². The van der Waals surface area contributed by atoms with Crippen LogP contribution in [-0.2, 0) is 0 Å². The van der Waals surface area contributed by atoms with E-state index in [0.717, 1.165) is 34.8 Å². The third kappa shape index (κ3) is 4.93. The molecule has 150 valence electrons. The molecule has 4 aromatic rings. The third-order valence-electron chi connectivity index (χ3n) is 5.23. The highest BCUT2D eigenvalue weighted by Crippen LogP contribution is 2.26. The predicted molar refractivity (Wildman–Crippen MR) is 130 cm³/mol. The lowest BCUT2D eigenvalue weighted by Crippen LogP contribution is -1.85. The number of hydrogen-bond donors (Lipinski definition) is 0. The van der Waals surface area contributed by atoms with Crippen molar-refractivity contribution in [3.05, 3.63) is 118 Å². The smallest absolute Gasteiger partial charge is 0.150 e. The SMILES string of the molecule is Cc1ccc2cc(/C=C\c3ccc(C=O)cc3)cc(/C=C\c3ccc(C=O)cc3)c2c1. The molecule has 31 heavy (non-hydrogen) atoms. The van der Waals surface area contributed by atoms with Crippen molar-refractivity contribution in [1.29, 1.82) is 0 Å². The van der Waals surface area contributed by atoms with Crippen LogP contribution in [0.3, 0.4) is 0 Å². The zero-order valence-corrected chi connectivity index (χ0v) is 17.3. The van der Waals surface area contributed by atoms with Crippen LogP contribution in [0.1, 0.15) is 48.5 Å². The largest absolute Gasteiger partial charge is 0.298 e. The van der Waals surface area contributed by atoms with Crippen molar-refractivity contribution in [2.75, 3.05) is 0 Å². The first-order valence-electron chi connectivity index (χ1n) is 10.2. The Kier molecular flexibility index (Phi) is 6.00. The minimum atomic E-state index is 0.673. The summed E-state index contributed by atoms with van der Waals surface area (Å²) in [5.74, 6) is 0. The Morgan fingerprint density at radius 2 is 1.03 bits per heavy atom. The van der Waals surface area contributed by atoms with E-state index in [9.17, 15) is 9.59 Å². The molecule has 4 rings (SSSR count). The lowest BCUT2D eigenvalue weighted by atomic mass is 9.97. The summed E-state index contributed by atoms with van der Waals surface area (Å²) in [5, 5.41) is 2.38. The van der Waals surface area contributed by atoms with E-state index >= 15 is 0 Å². The molecule has 0 aliphatic rings. The maximum atomic E-state index is 10.9. The van der Waals surface area contributed by atoms with E-state index in [4.69, 9.17) is 0 Å². The zero-order valence-electron chi connectivity index (χ0n) is 17.3. The topological polar surface area (TPSA) is 34.1 Å². The number of benzene rings is 4.